The molecule has 0 N–H and O–H groups in total. The predicted molar refractivity (Wildman–Crippen MR) is 249 cm³/mol. The highest BCUT2D eigenvalue weighted by molar-refractivity contribution is 6.07. The first-order valence-corrected chi connectivity index (χ1v) is 20.5. The third-order valence-electron chi connectivity index (χ3n) is 12.4. The molecular weight excluding hydrogens is 699 g/mol. The van der Waals surface area contributed by atoms with Crippen LogP contribution in [0.5, 0.6) is 0 Å². The monoisotopic (exact) mass is 745 g/mol. The van der Waals surface area contributed by atoms with Crippen LogP contribution in [-0.4, -0.2) is 0 Å². The Morgan fingerprint density at radius 1 is 0.397 bits per heavy atom. The molecule has 0 saturated carbocycles. The molecule has 280 valence electrons. The van der Waals surface area contributed by atoms with Gasteiger partial charge in [0.25, 0.3) is 0 Å². The van der Waals surface area contributed by atoms with Crippen molar-refractivity contribution in [2.24, 2.45) is 0 Å². The lowest BCUT2D eigenvalue weighted by Gasteiger charge is -2.33. The molecule has 0 heterocycles. The van der Waals surface area contributed by atoms with E-state index in [0.29, 0.717) is 0 Å². The summed E-state index contributed by atoms with van der Waals surface area (Å²) in [7, 11) is 0. The molecule has 9 aromatic carbocycles. The molecule has 9 aromatic rings. The smallest absolute Gasteiger partial charge is 0.0546 e. The molecule has 0 saturated heterocycles. The molecule has 0 amide bonds. The Hall–Kier alpha value is -6.70. The quantitative estimate of drug-likeness (QED) is 0.164. The summed E-state index contributed by atoms with van der Waals surface area (Å²) in [5.74, 6) is 0. The minimum Gasteiger partial charge on any atom is -0.309 e. The normalized spacial score (nSPS) is 13.1. The lowest BCUT2D eigenvalue weighted by molar-refractivity contribution is 0.590. The van der Waals surface area contributed by atoms with Gasteiger partial charge in [0, 0.05) is 22.2 Å². The summed E-state index contributed by atoms with van der Waals surface area (Å²) in [6, 6.07) is 72.1. The van der Waals surface area contributed by atoms with Crippen LogP contribution in [0.15, 0.2) is 194 Å². The van der Waals surface area contributed by atoms with Crippen molar-refractivity contribution in [3.8, 4) is 44.5 Å². The Kier molecular flexibility index (Phi) is 8.46. The van der Waals surface area contributed by atoms with Crippen LogP contribution in [-0.2, 0) is 10.8 Å². The van der Waals surface area contributed by atoms with Gasteiger partial charge in [-0.2, -0.15) is 0 Å². The topological polar surface area (TPSA) is 3.24 Å². The number of nitrogens with zero attached hydrogens (tertiary/aromatic N) is 1. The maximum atomic E-state index is 2.54. The summed E-state index contributed by atoms with van der Waals surface area (Å²) in [6.45, 7) is 11.7. The molecule has 0 fully saturated rings. The molecule has 0 spiro atoms. The van der Waals surface area contributed by atoms with Crippen molar-refractivity contribution in [3.05, 3.63) is 211 Å². The number of rotatable bonds is 6. The van der Waals surface area contributed by atoms with Gasteiger partial charge < -0.3 is 4.90 Å². The maximum absolute atomic E-state index is 2.54. The minimum absolute atomic E-state index is 0.0220. The Labute approximate surface area is 342 Å². The maximum Gasteiger partial charge on any atom is 0.0546 e. The molecule has 1 aliphatic rings. The van der Waals surface area contributed by atoms with Gasteiger partial charge in [-0.1, -0.05) is 180 Å². The Morgan fingerprint density at radius 3 is 1.74 bits per heavy atom. The van der Waals surface area contributed by atoms with Crippen LogP contribution in [0, 0.1) is 0 Å². The van der Waals surface area contributed by atoms with Gasteiger partial charge in [-0.3, -0.25) is 0 Å². The van der Waals surface area contributed by atoms with Crippen LogP contribution in [0.4, 0.5) is 17.1 Å². The highest BCUT2D eigenvalue weighted by Crippen LogP contribution is 2.54. The highest BCUT2D eigenvalue weighted by Gasteiger charge is 2.37. The lowest BCUT2D eigenvalue weighted by Crippen LogP contribution is -2.18. The van der Waals surface area contributed by atoms with Crippen LogP contribution in [0.1, 0.15) is 51.3 Å². The third-order valence-corrected chi connectivity index (χ3v) is 12.4. The van der Waals surface area contributed by atoms with Crippen molar-refractivity contribution in [1.29, 1.82) is 0 Å². The van der Waals surface area contributed by atoms with Gasteiger partial charge in [-0.25, -0.2) is 0 Å². The van der Waals surface area contributed by atoms with E-state index < -0.39 is 0 Å². The van der Waals surface area contributed by atoms with Crippen LogP contribution >= 0.6 is 0 Å². The van der Waals surface area contributed by atoms with E-state index in [-0.39, 0.29) is 10.8 Å². The van der Waals surface area contributed by atoms with Gasteiger partial charge in [-0.05, 0) is 126 Å². The fraction of sp³-hybridized carbons (Fsp3) is 0.123. The zero-order valence-corrected chi connectivity index (χ0v) is 33.9. The number of hydrogen-bond acceptors (Lipinski definition) is 1. The summed E-state index contributed by atoms with van der Waals surface area (Å²) in [5.41, 5.74) is 17.1. The second-order valence-electron chi connectivity index (χ2n) is 17.4. The van der Waals surface area contributed by atoms with E-state index in [4.69, 9.17) is 0 Å². The highest BCUT2D eigenvalue weighted by atomic mass is 15.1. The van der Waals surface area contributed by atoms with E-state index in [1.54, 1.807) is 0 Å². The second-order valence-corrected chi connectivity index (χ2v) is 17.4. The van der Waals surface area contributed by atoms with E-state index in [1.807, 2.05) is 0 Å². The van der Waals surface area contributed by atoms with E-state index in [1.165, 1.54) is 82.7 Å². The van der Waals surface area contributed by atoms with Gasteiger partial charge in [0.2, 0.25) is 0 Å². The molecular formula is C57H47N. The zero-order valence-electron chi connectivity index (χ0n) is 33.9. The number of fused-ring (bicyclic) bond motifs is 5. The van der Waals surface area contributed by atoms with Crippen molar-refractivity contribution in [2.45, 2.75) is 45.4 Å². The second kappa shape index (κ2) is 13.7. The van der Waals surface area contributed by atoms with Crippen molar-refractivity contribution in [3.63, 3.8) is 0 Å². The van der Waals surface area contributed by atoms with Crippen LogP contribution in [0.2, 0.25) is 0 Å². The molecule has 0 bridgehead atoms. The minimum atomic E-state index is -0.190. The lowest BCUT2D eigenvalue weighted by atomic mass is 9.81. The largest absolute Gasteiger partial charge is 0.309 e. The van der Waals surface area contributed by atoms with Crippen molar-refractivity contribution in [2.75, 3.05) is 4.90 Å². The predicted octanol–water partition coefficient (Wildman–Crippen LogP) is 16.1. The summed E-state index contributed by atoms with van der Waals surface area (Å²) in [4.78, 5) is 2.54. The summed E-state index contributed by atoms with van der Waals surface area (Å²) < 4.78 is 0. The first kappa shape index (κ1) is 35.7. The molecule has 1 nitrogen and oxygen atoms in total. The Balaban J connectivity index is 1.27. The van der Waals surface area contributed by atoms with Crippen molar-refractivity contribution < 1.29 is 0 Å². The fourth-order valence-corrected chi connectivity index (χ4v) is 9.24. The standard InChI is InChI=1S/C57H47N/c1-56(2,3)45-28-32-53(49(36-45)39-19-10-7-11-20-39)58(46-29-30-48-50-34-42-22-12-13-23-43(42)35-51(50)57(4,5)52(48)37-46)54-31-27-40-21-14-15-26-47(40)55(54)44-25-16-24-41(33-44)38-17-8-6-9-18-38/h6-37H,1-5H3. The Morgan fingerprint density at radius 2 is 1.00 bits per heavy atom. The first-order chi connectivity index (χ1) is 28.1. The SMILES string of the molecule is CC(C)(C)c1ccc(N(c2ccc3c(c2)C(C)(C)c2cc4ccccc4cc2-3)c2ccc3ccccc3c2-c2cccc(-c3ccccc3)c2)c(-c2ccccc2)c1. The van der Waals surface area contributed by atoms with Crippen LogP contribution < -0.4 is 4.90 Å². The number of benzene rings is 9. The molecule has 0 aromatic heterocycles. The molecule has 0 radical (unpaired) electrons. The van der Waals surface area contributed by atoms with Crippen LogP contribution in [0.3, 0.4) is 0 Å². The van der Waals surface area contributed by atoms with Gasteiger partial charge in [0.1, 0.15) is 0 Å². The molecule has 0 unspecified atom stereocenters. The van der Waals surface area contributed by atoms with Gasteiger partial charge >= 0.3 is 0 Å². The van der Waals surface area contributed by atoms with E-state index in [0.717, 1.165) is 17.1 Å². The molecule has 1 heteroatoms. The third kappa shape index (κ3) is 6.01. The molecule has 0 aliphatic heterocycles. The van der Waals surface area contributed by atoms with Gasteiger partial charge in [-0.15, -0.1) is 0 Å². The van der Waals surface area contributed by atoms with E-state index in [9.17, 15) is 0 Å². The average molecular weight is 746 g/mol. The summed E-state index contributed by atoms with van der Waals surface area (Å²) in [6.07, 6.45) is 0. The first-order valence-electron chi connectivity index (χ1n) is 20.5. The fourth-order valence-electron chi connectivity index (χ4n) is 9.24. The number of hydrogen-bond donors (Lipinski definition) is 0. The Bertz CT molecular complexity index is 3000. The van der Waals surface area contributed by atoms with Crippen molar-refractivity contribution >= 4 is 38.6 Å². The molecule has 0 atom stereocenters. The molecule has 10 rings (SSSR count). The number of anilines is 3. The zero-order chi connectivity index (χ0) is 39.6. The van der Waals surface area contributed by atoms with Crippen molar-refractivity contribution in [1.82, 2.24) is 0 Å². The van der Waals surface area contributed by atoms with Gasteiger partial charge in [0.15, 0.2) is 0 Å². The molecule has 58 heavy (non-hydrogen) atoms. The summed E-state index contributed by atoms with van der Waals surface area (Å²) in [5, 5.41) is 5.01. The van der Waals surface area contributed by atoms with Crippen LogP contribution in [0.25, 0.3) is 66.1 Å². The average Bonchev–Trinajstić information content (AvgIpc) is 3.47. The van der Waals surface area contributed by atoms with E-state index >= 15 is 0 Å². The summed E-state index contributed by atoms with van der Waals surface area (Å²) >= 11 is 0. The van der Waals surface area contributed by atoms with E-state index in [2.05, 4.69) is 234 Å². The van der Waals surface area contributed by atoms with Gasteiger partial charge in [0.05, 0.1) is 11.4 Å². The molecule has 1 aliphatic carbocycles.